The Balaban J connectivity index is 2.02. The molecule has 2 amide bonds. The third-order valence-electron chi connectivity index (χ3n) is 4.89. The van der Waals surface area contributed by atoms with Gasteiger partial charge in [-0.2, -0.15) is 0 Å². The first-order valence-electron chi connectivity index (χ1n) is 9.00. The monoisotopic (exact) mass is 381 g/mol. The normalized spacial score (nSPS) is 16.8. The Morgan fingerprint density at radius 3 is 2.58 bits per heavy atom. The predicted molar refractivity (Wildman–Crippen MR) is 103 cm³/mol. The molecule has 0 saturated carbocycles. The fourth-order valence-electron chi connectivity index (χ4n) is 2.75. The van der Waals surface area contributed by atoms with Crippen molar-refractivity contribution >= 4 is 29.1 Å². The average molecular weight is 382 g/mol. The Morgan fingerprint density at radius 2 is 2.00 bits per heavy atom. The number of rotatable bonds is 6. The largest absolute Gasteiger partial charge is 0.381 e. The average Bonchev–Trinajstić information content (AvgIpc) is 2.61. The molecule has 0 aliphatic carbocycles. The quantitative estimate of drug-likeness (QED) is 0.706. The molecule has 1 unspecified atom stereocenters. The van der Waals surface area contributed by atoms with Crippen LogP contribution in [0.4, 0.5) is 5.69 Å². The molecule has 0 aromatic heterocycles. The molecule has 1 atom stereocenters. The first kappa shape index (κ1) is 20.7. The molecule has 26 heavy (non-hydrogen) atoms. The number of ether oxygens (including phenoxy) is 1. The van der Waals surface area contributed by atoms with Gasteiger partial charge in [0.15, 0.2) is 0 Å². The van der Waals surface area contributed by atoms with Crippen LogP contribution in [0.5, 0.6) is 0 Å². The molecule has 0 bridgehead atoms. The molecule has 1 aliphatic rings. The van der Waals surface area contributed by atoms with E-state index >= 15 is 0 Å². The minimum absolute atomic E-state index is 0.112. The second-order valence-corrected chi connectivity index (χ2v) is 7.76. The zero-order chi connectivity index (χ0) is 19.3. The van der Waals surface area contributed by atoms with E-state index in [9.17, 15) is 9.59 Å². The lowest BCUT2D eigenvalue weighted by atomic mass is 9.92. The number of hydrogen-bond acceptors (Lipinski definition) is 4. The Bertz CT molecular complexity index is 657. The zero-order valence-electron chi connectivity index (χ0n) is 15.6. The summed E-state index contributed by atoms with van der Waals surface area (Å²) in [5.74, 6) is -0.378. The molecule has 7 heteroatoms. The Kier molecular flexibility index (Phi) is 7.03. The van der Waals surface area contributed by atoms with Crippen LogP contribution in [-0.4, -0.2) is 36.6 Å². The highest BCUT2D eigenvalue weighted by atomic mass is 35.5. The summed E-state index contributed by atoms with van der Waals surface area (Å²) < 4.78 is 5.30. The molecule has 6 nitrogen and oxygen atoms in total. The summed E-state index contributed by atoms with van der Waals surface area (Å²) in [6.45, 7) is 7.17. The minimum Gasteiger partial charge on any atom is -0.381 e. The Labute approximate surface area is 159 Å². The van der Waals surface area contributed by atoms with Gasteiger partial charge in [0.2, 0.25) is 5.91 Å². The van der Waals surface area contributed by atoms with Crippen molar-refractivity contribution in [3.8, 4) is 0 Å². The van der Waals surface area contributed by atoms with Crippen LogP contribution in [0.25, 0.3) is 0 Å². The van der Waals surface area contributed by atoms with Gasteiger partial charge in [-0.25, -0.2) is 0 Å². The van der Waals surface area contributed by atoms with Crippen LogP contribution in [0.15, 0.2) is 18.2 Å². The van der Waals surface area contributed by atoms with Crippen LogP contribution in [0, 0.1) is 5.92 Å². The second kappa shape index (κ2) is 8.84. The molecule has 1 fully saturated rings. The number of amides is 2. The summed E-state index contributed by atoms with van der Waals surface area (Å²) in [6, 6.07) is 4.25. The third-order valence-corrected chi connectivity index (χ3v) is 5.21. The maximum absolute atomic E-state index is 12.4. The molecule has 4 N–H and O–H groups in total. The van der Waals surface area contributed by atoms with Gasteiger partial charge >= 0.3 is 0 Å². The molecule has 1 aromatic rings. The summed E-state index contributed by atoms with van der Waals surface area (Å²) in [5.41, 5.74) is 6.66. The van der Waals surface area contributed by atoms with Crippen LogP contribution < -0.4 is 16.4 Å². The number of carbonyl (C=O) groups excluding carboxylic acids is 2. The topological polar surface area (TPSA) is 93.5 Å². The molecule has 0 radical (unpaired) electrons. The fraction of sp³-hybridized carbons (Fsp3) is 0.579. The number of nitrogens with two attached hydrogens (primary N) is 1. The SMILES string of the molecule is CCC(C)(C)NC(=O)c1ccc(NC(=O)C(N)C2CCOCC2)cc1Cl. The van der Waals surface area contributed by atoms with Crippen LogP contribution in [-0.2, 0) is 9.53 Å². The summed E-state index contributed by atoms with van der Waals surface area (Å²) >= 11 is 6.25. The van der Waals surface area contributed by atoms with Gasteiger partial charge in [-0.1, -0.05) is 18.5 Å². The molecule has 0 spiro atoms. The first-order chi connectivity index (χ1) is 12.2. The molecule has 1 heterocycles. The van der Waals surface area contributed by atoms with Crippen LogP contribution in [0.3, 0.4) is 0 Å². The van der Waals surface area contributed by atoms with Crippen LogP contribution in [0.2, 0.25) is 5.02 Å². The second-order valence-electron chi connectivity index (χ2n) is 7.35. The predicted octanol–water partition coefficient (Wildman–Crippen LogP) is 2.95. The van der Waals surface area contributed by atoms with Gasteiger partial charge < -0.3 is 21.1 Å². The van der Waals surface area contributed by atoms with E-state index in [0.29, 0.717) is 24.5 Å². The van der Waals surface area contributed by atoms with Crippen molar-refractivity contribution in [3.05, 3.63) is 28.8 Å². The lowest BCUT2D eigenvalue weighted by Crippen LogP contribution is -2.44. The van der Waals surface area contributed by atoms with Crippen molar-refractivity contribution in [2.75, 3.05) is 18.5 Å². The number of anilines is 1. The van der Waals surface area contributed by atoms with Gasteiger partial charge in [0, 0.05) is 24.4 Å². The number of benzene rings is 1. The van der Waals surface area contributed by atoms with E-state index in [0.717, 1.165) is 19.3 Å². The van der Waals surface area contributed by atoms with E-state index in [2.05, 4.69) is 10.6 Å². The highest BCUT2D eigenvalue weighted by Crippen LogP contribution is 2.23. The molecule has 1 aromatic carbocycles. The van der Waals surface area contributed by atoms with Crippen molar-refractivity contribution in [2.24, 2.45) is 11.7 Å². The molecular weight excluding hydrogens is 354 g/mol. The van der Waals surface area contributed by atoms with E-state index in [4.69, 9.17) is 22.1 Å². The lowest BCUT2D eigenvalue weighted by Gasteiger charge is -2.27. The minimum atomic E-state index is -0.592. The number of hydrogen-bond donors (Lipinski definition) is 3. The maximum Gasteiger partial charge on any atom is 0.253 e. The van der Waals surface area contributed by atoms with E-state index in [1.807, 2.05) is 20.8 Å². The van der Waals surface area contributed by atoms with E-state index in [1.165, 1.54) is 0 Å². The van der Waals surface area contributed by atoms with E-state index in [-0.39, 0.29) is 28.3 Å². The van der Waals surface area contributed by atoms with Crippen molar-refractivity contribution < 1.29 is 14.3 Å². The number of halogens is 1. The van der Waals surface area contributed by atoms with Crippen LogP contribution >= 0.6 is 11.6 Å². The van der Waals surface area contributed by atoms with Crippen molar-refractivity contribution in [1.29, 1.82) is 0 Å². The fourth-order valence-corrected chi connectivity index (χ4v) is 3.02. The lowest BCUT2D eigenvalue weighted by molar-refractivity contribution is -0.119. The van der Waals surface area contributed by atoms with Gasteiger partial charge in [-0.15, -0.1) is 0 Å². The van der Waals surface area contributed by atoms with E-state index < -0.39 is 6.04 Å². The standard InChI is InChI=1S/C19H28ClN3O3/c1-4-19(2,3)23-17(24)14-6-5-13(11-15(14)20)22-18(25)16(21)12-7-9-26-10-8-12/h5-6,11-12,16H,4,7-10,21H2,1-3H3,(H,22,25)(H,23,24). The number of carbonyl (C=O) groups is 2. The smallest absolute Gasteiger partial charge is 0.253 e. The molecule has 1 saturated heterocycles. The van der Waals surface area contributed by atoms with Crippen molar-refractivity contribution in [3.63, 3.8) is 0 Å². The summed E-state index contributed by atoms with van der Waals surface area (Å²) in [4.78, 5) is 24.7. The first-order valence-corrected chi connectivity index (χ1v) is 9.37. The molecule has 1 aliphatic heterocycles. The highest BCUT2D eigenvalue weighted by molar-refractivity contribution is 6.34. The van der Waals surface area contributed by atoms with Gasteiger partial charge in [-0.3, -0.25) is 9.59 Å². The van der Waals surface area contributed by atoms with Crippen LogP contribution in [0.1, 0.15) is 50.4 Å². The van der Waals surface area contributed by atoms with Crippen molar-refractivity contribution in [1.82, 2.24) is 5.32 Å². The van der Waals surface area contributed by atoms with Gasteiger partial charge in [0.05, 0.1) is 16.6 Å². The summed E-state index contributed by atoms with van der Waals surface area (Å²) in [6.07, 6.45) is 2.36. The van der Waals surface area contributed by atoms with E-state index in [1.54, 1.807) is 18.2 Å². The Hall–Kier alpha value is -1.63. The molecule has 2 rings (SSSR count). The van der Waals surface area contributed by atoms with Gasteiger partial charge in [-0.05, 0) is 57.2 Å². The molecule has 144 valence electrons. The maximum atomic E-state index is 12.4. The van der Waals surface area contributed by atoms with Gasteiger partial charge in [0.1, 0.15) is 0 Å². The highest BCUT2D eigenvalue weighted by Gasteiger charge is 2.27. The third kappa shape index (κ3) is 5.43. The summed E-state index contributed by atoms with van der Waals surface area (Å²) in [5, 5.41) is 6.01. The van der Waals surface area contributed by atoms with Gasteiger partial charge in [0.25, 0.3) is 5.91 Å². The van der Waals surface area contributed by atoms with Crippen molar-refractivity contribution in [2.45, 2.75) is 51.6 Å². The Morgan fingerprint density at radius 1 is 1.35 bits per heavy atom. The summed E-state index contributed by atoms with van der Waals surface area (Å²) in [7, 11) is 0. The number of nitrogens with one attached hydrogen (secondary N) is 2. The zero-order valence-corrected chi connectivity index (χ0v) is 16.4. The molecular formula is C19H28ClN3O3.